The number of para-hydroxylation sites is 1. The predicted octanol–water partition coefficient (Wildman–Crippen LogP) is 3.33. The van der Waals surface area contributed by atoms with Crippen molar-refractivity contribution in [2.45, 2.75) is 12.5 Å². The number of nitrogens with one attached hydrogen (secondary N) is 1. The number of hydrogen-bond acceptors (Lipinski definition) is 4. The van der Waals surface area contributed by atoms with Gasteiger partial charge < -0.3 is 19.9 Å². The number of likely N-dealkylation sites (tertiary alicyclic amines) is 1. The maximum atomic E-state index is 12.6. The number of anilines is 1. The summed E-state index contributed by atoms with van der Waals surface area (Å²) in [7, 11) is 2.17. The van der Waals surface area contributed by atoms with Gasteiger partial charge in [-0.25, -0.2) is 4.79 Å². The number of carbonyl (C=O) groups excluding carboxylic acids is 1. The third kappa shape index (κ3) is 4.64. The zero-order chi connectivity index (χ0) is 19.3. The van der Waals surface area contributed by atoms with Crippen molar-refractivity contribution >= 4 is 11.7 Å². The Bertz CT molecular complexity index is 773. The van der Waals surface area contributed by atoms with Crippen LogP contribution < -0.4 is 10.1 Å². The number of hydrogen-bond donors (Lipinski definition) is 1. The van der Waals surface area contributed by atoms with Crippen molar-refractivity contribution in [3.8, 4) is 11.5 Å². The largest absolute Gasteiger partial charge is 0.457 e. The van der Waals surface area contributed by atoms with E-state index in [1.165, 1.54) is 0 Å². The first-order valence-corrected chi connectivity index (χ1v) is 9.99. The van der Waals surface area contributed by atoms with Gasteiger partial charge in [-0.2, -0.15) is 0 Å². The van der Waals surface area contributed by atoms with Crippen LogP contribution in [0.1, 0.15) is 6.42 Å². The molecular formula is C22H28N4O2. The minimum atomic E-state index is -0.0200. The van der Waals surface area contributed by atoms with Crippen LogP contribution in [0.4, 0.5) is 10.5 Å². The second-order valence-corrected chi connectivity index (χ2v) is 7.60. The van der Waals surface area contributed by atoms with Crippen molar-refractivity contribution in [3.63, 3.8) is 0 Å². The molecule has 0 spiro atoms. The van der Waals surface area contributed by atoms with Crippen LogP contribution in [0.15, 0.2) is 54.6 Å². The number of ether oxygens (including phenoxy) is 1. The molecule has 1 N–H and O–H groups in total. The molecule has 4 rings (SSSR count). The zero-order valence-corrected chi connectivity index (χ0v) is 16.4. The van der Waals surface area contributed by atoms with Crippen molar-refractivity contribution in [3.05, 3.63) is 54.6 Å². The zero-order valence-electron chi connectivity index (χ0n) is 16.4. The van der Waals surface area contributed by atoms with Gasteiger partial charge in [-0.15, -0.1) is 0 Å². The lowest BCUT2D eigenvalue weighted by atomic mass is 10.2. The van der Waals surface area contributed by atoms with E-state index in [9.17, 15) is 4.79 Å². The highest BCUT2D eigenvalue weighted by Gasteiger charge is 2.31. The molecule has 0 radical (unpaired) electrons. The minimum Gasteiger partial charge on any atom is -0.457 e. The molecule has 2 fully saturated rings. The monoisotopic (exact) mass is 380 g/mol. The summed E-state index contributed by atoms with van der Waals surface area (Å²) < 4.78 is 5.79. The Kier molecular flexibility index (Phi) is 5.78. The minimum absolute atomic E-state index is 0.0200. The number of likely N-dealkylation sites (N-methyl/N-ethyl adjacent to an activating group) is 1. The number of amides is 2. The third-order valence-corrected chi connectivity index (χ3v) is 5.59. The van der Waals surface area contributed by atoms with Crippen molar-refractivity contribution in [1.82, 2.24) is 14.7 Å². The van der Waals surface area contributed by atoms with Gasteiger partial charge in [0.05, 0.1) is 0 Å². The topological polar surface area (TPSA) is 48.0 Å². The van der Waals surface area contributed by atoms with Gasteiger partial charge in [0.1, 0.15) is 11.5 Å². The summed E-state index contributed by atoms with van der Waals surface area (Å²) in [5.41, 5.74) is 0.786. The smallest absolute Gasteiger partial charge is 0.321 e. The van der Waals surface area contributed by atoms with Gasteiger partial charge in [0, 0.05) is 51.0 Å². The first kappa shape index (κ1) is 18.8. The average Bonchev–Trinajstić information content (AvgIpc) is 3.21. The highest BCUT2D eigenvalue weighted by Crippen LogP contribution is 2.23. The predicted molar refractivity (Wildman–Crippen MR) is 111 cm³/mol. The van der Waals surface area contributed by atoms with Crippen molar-refractivity contribution < 1.29 is 9.53 Å². The van der Waals surface area contributed by atoms with E-state index in [-0.39, 0.29) is 6.03 Å². The van der Waals surface area contributed by atoms with Crippen LogP contribution >= 0.6 is 0 Å². The van der Waals surface area contributed by atoms with Gasteiger partial charge in [0.15, 0.2) is 0 Å². The second kappa shape index (κ2) is 8.63. The van der Waals surface area contributed by atoms with E-state index >= 15 is 0 Å². The molecule has 0 aromatic heterocycles. The number of urea groups is 1. The molecule has 6 nitrogen and oxygen atoms in total. The number of benzene rings is 2. The van der Waals surface area contributed by atoms with Crippen LogP contribution in [0.5, 0.6) is 11.5 Å². The SMILES string of the molecule is CN1CCN([C@H]2CCN(C(=O)Nc3ccc(Oc4ccccc4)cc3)C2)CC1. The fourth-order valence-electron chi connectivity index (χ4n) is 3.84. The van der Waals surface area contributed by atoms with Gasteiger partial charge in [-0.05, 0) is 49.9 Å². The first-order valence-electron chi connectivity index (χ1n) is 9.99. The Morgan fingerprint density at radius 2 is 1.61 bits per heavy atom. The summed E-state index contributed by atoms with van der Waals surface area (Å²) >= 11 is 0. The van der Waals surface area contributed by atoms with E-state index in [0.717, 1.165) is 62.9 Å². The van der Waals surface area contributed by atoms with E-state index in [1.54, 1.807) is 0 Å². The van der Waals surface area contributed by atoms with Crippen molar-refractivity contribution in [1.29, 1.82) is 0 Å². The molecule has 2 amide bonds. The van der Waals surface area contributed by atoms with E-state index < -0.39 is 0 Å². The molecule has 0 aliphatic carbocycles. The van der Waals surface area contributed by atoms with Crippen LogP contribution in [-0.2, 0) is 0 Å². The van der Waals surface area contributed by atoms with Crippen LogP contribution in [0.2, 0.25) is 0 Å². The van der Waals surface area contributed by atoms with Gasteiger partial charge in [-0.1, -0.05) is 18.2 Å². The quantitative estimate of drug-likeness (QED) is 0.884. The summed E-state index contributed by atoms with van der Waals surface area (Å²) in [6, 6.07) is 17.6. The van der Waals surface area contributed by atoms with E-state index in [4.69, 9.17) is 4.74 Å². The molecule has 2 heterocycles. The van der Waals surface area contributed by atoms with Gasteiger partial charge in [0.25, 0.3) is 0 Å². The average molecular weight is 380 g/mol. The van der Waals surface area contributed by atoms with Crippen LogP contribution in [0.3, 0.4) is 0 Å². The van der Waals surface area contributed by atoms with Crippen LogP contribution in [0.25, 0.3) is 0 Å². The molecule has 148 valence electrons. The normalized spacial score (nSPS) is 20.9. The fraction of sp³-hybridized carbons (Fsp3) is 0.409. The van der Waals surface area contributed by atoms with E-state index in [1.807, 2.05) is 59.5 Å². The molecule has 28 heavy (non-hydrogen) atoms. The fourth-order valence-corrected chi connectivity index (χ4v) is 3.84. The lowest BCUT2D eigenvalue weighted by molar-refractivity contribution is 0.115. The van der Waals surface area contributed by atoms with E-state index in [2.05, 4.69) is 22.2 Å². The van der Waals surface area contributed by atoms with Gasteiger partial charge >= 0.3 is 6.03 Å². The molecule has 1 atom stereocenters. The third-order valence-electron chi connectivity index (χ3n) is 5.59. The molecule has 2 saturated heterocycles. The van der Waals surface area contributed by atoms with Crippen LogP contribution in [0, 0.1) is 0 Å². The number of rotatable bonds is 4. The number of piperazine rings is 1. The maximum Gasteiger partial charge on any atom is 0.321 e. The molecule has 6 heteroatoms. The maximum absolute atomic E-state index is 12.6. The molecular weight excluding hydrogens is 352 g/mol. The van der Waals surface area contributed by atoms with Gasteiger partial charge in [-0.3, -0.25) is 4.90 Å². The molecule has 0 bridgehead atoms. The lowest BCUT2D eigenvalue weighted by Crippen LogP contribution is -2.50. The number of carbonyl (C=O) groups is 1. The summed E-state index contributed by atoms with van der Waals surface area (Å²) in [6.45, 7) is 6.04. The molecule has 2 aromatic carbocycles. The standard InChI is InChI=1S/C22H28N4O2/c1-24-13-15-25(16-14-24)19-11-12-26(17-19)22(27)23-18-7-9-21(10-8-18)28-20-5-3-2-4-6-20/h2-10,19H,11-17H2,1H3,(H,23,27)/t19-/m0/s1. The van der Waals surface area contributed by atoms with Crippen LogP contribution in [-0.4, -0.2) is 73.1 Å². The summed E-state index contributed by atoms with van der Waals surface area (Å²) in [4.78, 5) is 19.4. The highest BCUT2D eigenvalue weighted by molar-refractivity contribution is 5.89. The molecule has 0 unspecified atom stereocenters. The summed E-state index contributed by atoms with van der Waals surface area (Å²) in [5, 5.41) is 3.01. The number of nitrogens with zero attached hydrogens (tertiary/aromatic N) is 3. The Hall–Kier alpha value is -2.57. The molecule has 2 aliphatic rings. The Morgan fingerprint density at radius 1 is 0.929 bits per heavy atom. The second-order valence-electron chi connectivity index (χ2n) is 7.60. The Labute approximate surface area is 166 Å². The molecule has 0 saturated carbocycles. The molecule has 2 aliphatic heterocycles. The summed E-state index contributed by atoms with van der Waals surface area (Å²) in [6.07, 6.45) is 1.06. The Morgan fingerprint density at radius 3 is 2.32 bits per heavy atom. The van der Waals surface area contributed by atoms with Crippen molar-refractivity contribution in [2.75, 3.05) is 51.6 Å². The Balaban J connectivity index is 1.28. The van der Waals surface area contributed by atoms with Gasteiger partial charge in [0.2, 0.25) is 0 Å². The first-order chi connectivity index (χ1) is 13.7. The summed E-state index contributed by atoms with van der Waals surface area (Å²) in [5.74, 6) is 1.55. The highest BCUT2D eigenvalue weighted by atomic mass is 16.5. The van der Waals surface area contributed by atoms with Crippen molar-refractivity contribution in [2.24, 2.45) is 0 Å². The molecule has 2 aromatic rings. The van der Waals surface area contributed by atoms with E-state index in [0.29, 0.717) is 6.04 Å². The lowest BCUT2D eigenvalue weighted by Gasteiger charge is -2.36.